The lowest BCUT2D eigenvalue weighted by molar-refractivity contribution is 0.807. The third kappa shape index (κ3) is 2.06. The molecule has 0 unspecified atom stereocenters. The smallest absolute Gasteiger partial charge is 0.174 e. The molecular weight excluding hydrogens is 271 g/mol. The van der Waals surface area contributed by atoms with Crippen molar-refractivity contribution in [2.75, 3.05) is 12.4 Å². The normalized spacial score (nSPS) is 10.8. The highest BCUT2D eigenvalue weighted by Gasteiger charge is 2.15. The van der Waals surface area contributed by atoms with E-state index >= 15 is 0 Å². The Kier molecular flexibility index (Phi) is 3.50. The minimum Gasteiger partial charge on any atom is -0.372 e. The molecule has 0 bridgehead atoms. The van der Waals surface area contributed by atoms with E-state index in [-0.39, 0.29) is 0 Å². The van der Waals surface area contributed by atoms with Gasteiger partial charge in [0, 0.05) is 12.7 Å². The van der Waals surface area contributed by atoms with E-state index in [1.54, 1.807) is 17.8 Å². The minimum atomic E-state index is 0.476. The van der Waals surface area contributed by atoms with Crippen LogP contribution < -0.4 is 5.32 Å². The lowest BCUT2D eigenvalue weighted by atomic mass is 10.2. The lowest BCUT2D eigenvalue weighted by Crippen LogP contribution is -2.05. The van der Waals surface area contributed by atoms with Crippen molar-refractivity contribution in [3.05, 3.63) is 33.1 Å². The van der Waals surface area contributed by atoms with E-state index in [4.69, 9.17) is 23.2 Å². The topological polar surface area (TPSA) is 42.7 Å². The number of anilines is 1. The Labute approximate surface area is 116 Å². The molecule has 1 N–H and O–H groups in total. The van der Waals surface area contributed by atoms with Crippen molar-refractivity contribution in [3.8, 4) is 5.82 Å². The second-order valence-corrected chi connectivity index (χ2v) is 4.90. The molecule has 0 radical (unpaired) electrons. The van der Waals surface area contributed by atoms with Crippen molar-refractivity contribution in [2.45, 2.75) is 20.8 Å². The molecular formula is C12H14Cl2N4. The maximum absolute atomic E-state index is 6.19. The summed E-state index contributed by atoms with van der Waals surface area (Å²) in [5.41, 5.74) is 3.12. The van der Waals surface area contributed by atoms with Gasteiger partial charge in [-0.05, 0) is 32.4 Å². The van der Waals surface area contributed by atoms with Crippen molar-refractivity contribution < 1.29 is 0 Å². The van der Waals surface area contributed by atoms with Crippen LogP contribution in [0.2, 0.25) is 10.0 Å². The van der Waals surface area contributed by atoms with Crippen LogP contribution in [0.25, 0.3) is 5.82 Å². The maximum Gasteiger partial charge on any atom is 0.174 e. The molecule has 96 valence electrons. The summed E-state index contributed by atoms with van der Waals surface area (Å²) in [6.07, 6.45) is 0. The number of halogens is 2. The van der Waals surface area contributed by atoms with Crippen LogP contribution in [-0.4, -0.2) is 21.8 Å². The lowest BCUT2D eigenvalue weighted by Gasteiger charge is -2.10. The summed E-state index contributed by atoms with van der Waals surface area (Å²) >= 11 is 12.2. The van der Waals surface area contributed by atoms with Crippen LogP contribution in [0.1, 0.15) is 17.0 Å². The summed E-state index contributed by atoms with van der Waals surface area (Å²) in [4.78, 5) is 4.40. The highest BCUT2D eigenvalue weighted by atomic mass is 35.5. The van der Waals surface area contributed by atoms with Gasteiger partial charge in [0.1, 0.15) is 5.82 Å². The van der Waals surface area contributed by atoms with Crippen molar-refractivity contribution in [1.82, 2.24) is 14.8 Å². The highest BCUT2D eigenvalue weighted by molar-refractivity contribution is 6.36. The monoisotopic (exact) mass is 284 g/mol. The van der Waals surface area contributed by atoms with Crippen LogP contribution in [-0.2, 0) is 0 Å². The summed E-state index contributed by atoms with van der Waals surface area (Å²) in [6, 6.07) is 1.67. The summed E-state index contributed by atoms with van der Waals surface area (Å²) in [7, 11) is 1.76. The Balaban J connectivity index is 2.67. The van der Waals surface area contributed by atoms with Crippen LogP contribution in [0.4, 0.5) is 5.82 Å². The largest absolute Gasteiger partial charge is 0.372 e. The fourth-order valence-corrected chi connectivity index (χ4v) is 2.24. The van der Waals surface area contributed by atoms with E-state index < -0.39 is 0 Å². The highest BCUT2D eigenvalue weighted by Crippen LogP contribution is 2.29. The molecule has 0 fully saturated rings. The molecule has 0 atom stereocenters. The SMILES string of the molecule is CNc1nc(-n2nc(C)c(C)c2C)c(Cl)cc1Cl. The maximum atomic E-state index is 6.19. The average Bonchev–Trinajstić information content (AvgIpc) is 2.57. The Hall–Kier alpha value is -1.26. The van der Waals surface area contributed by atoms with Gasteiger partial charge in [0.25, 0.3) is 0 Å². The summed E-state index contributed by atoms with van der Waals surface area (Å²) in [5.74, 6) is 1.17. The number of aryl methyl sites for hydroxylation is 1. The standard InChI is InChI=1S/C12H14Cl2N4/c1-6-7(2)17-18(8(6)3)12-10(14)5-9(13)11(15-4)16-12/h5H,1-4H3,(H,15,16). The van der Waals surface area contributed by atoms with Crippen LogP contribution >= 0.6 is 23.2 Å². The van der Waals surface area contributed by atoms with Gasteiger partial charge in [0.15, 0.2) is 5.82 Å². The predicted molar refractivity (Wildman–Crippen MR) is 75.1 cm³/mol. The van der Waals surface area contributed by atoms with Crippen molar-refractivity contribution in [1.29, 1.82) is 0 Å². The number of hydrogen-bond donors (Lipinski definition) is 1. The van der Waals surface area contributed by atoms with E-state index in [1.165, 1.54) is 0 Å². The first-order chi connectivity index (χ1) is 8.45. The molecule has 0 aliphatic heterocycles. The third-order valence-corrected chi connectivity index (χ3v) is 3.57. The molecule has 2 aromatic heterocycles. The van der Waals surface area contributed by atoms with Gasteiger partial charge in [-0.25, -0.2) is 9.67 Å². The molecule has 4 nitrogen and oxygen atoms in total. The molecule has 18 heavy (non-hydrogen) atoms. The number of hydrogen-bond acceptors (Lipinski definition) is 3. The first-order valence-electron chi connectivity index (χ1n) is 5.52. The van der Waals surface area contributed by atoms with E-state index in [0.717, 1.165) is 17.0 Å². The van der Waals surface area contributed by atoms with Crippen molar-refractivity contribution in [2.24, 2.45) is 0 Å². The molecule has 0 saturated carbocycles. The Bertz CT molecular complexity index is 605. The van der Waals surface area contributed by atoms with Gasteiger partial charge in [-0.3, -0.25) is 0 Å². The summed E-state index contributed by atoms with van der Waals surface area (Å²) in [6.45, 7) is 5.97. The van der Waals surface area contributed by atoms with Crippen molar-refractivity contribution >= 4 is 29.0 Å². The summed E-state index contributed by atoms with van der Waals surface area (Å²) in [5, 5.41) is 8.34. The molecule has 0 aliphatic rings. The van der Waals surface area contributed by atoms with Gasteiger partial charge in [-0.2, -0.15) is 5.10 Å². The minimum absolute atomic E-state index is 0.476. The Morgan fingerprint density at radius 1 is 1.17 bits per heavy atom. The van der Waals surface area contributed by atoms with Crippen LogP contribution in [0.5, 0.6) is 0 Å². The Morgan fingerprint density at radius 2 is 1.83 bits per heavy atom. The number of aromatic nitrogens is 3. The molecule has 0 amide bonds. The molecule has 2 heterocycles. The molecule has 0 aliphatic carbocycles. The van der Waals surface area contributed by atoms with Gasteiger partial charge in [0.05, 0.1) is 15.7 Å². The van der Waals surface area contributed by atoms with Crippen LogP contribution in [0, 0.1) is 20.8 Å². The molecule has 2 rings (SSSR count). The number of pyridine rings is 1. The fourth-order valence-electron chi connectivity index (χ4n) is 1.71. The van der Waals surface area contributed by atoms with E-state index in [1.807, 2.05) is 20.8 Å². The molecule has 0 spiro atoms. The summed E-state index contributed by atoms with van der Waals surface area (Å²) < 4.78 is 1.74. The van der Waals surface area contributed by atoms with E-state index in [2.05, 4.69) is 15.4 Å². The average molecular weight is 285 g/mol. The Morgan fingerprint density at radius 3 is 2.33 bits per heavy atom. The quantitative estimate of drug-likeness (QED) is 0.917. The van der Waals surface area contributed by atoms with E-state index in [0.29, 0.717) is 21.7 Å². The van der Waals surface area contributed by atoms with Gasteiger partial charge < -0.3 is 5.32 Å². The first-order valence-corrected chi connectivity index (χ1v) is 6.28. The van der Waals surface area contributed by atoms with Crippen LogP contribution in [0.3, 0.4) is 0 Å². The number of nitrogens with one attached hydrogen (secondary N) is 1. The zero-order valence-electron chi connectivity index (χ0n) is 10.7. The first kappa shape index (κ1) is 13.2. The second kappa shape index (κ2) is 4.78. The predicted octanol–water partition coefficient (Wildman–Crippen LogP) is 3.54. The van der Waals surface area contributed by atoms with Crippen LogP contribution in [0.15, 0.2) is 6.07 Å². The van der Waals surface area contributed by atoms with Gasteiger partial charge in [-0.1, -0.05) is 23.2 Å². The zero-order chi connectivity index (χ0) is 13.4. The second-order valence-electron chi connectivity index (χ2n) is 4.08. The van der Waals surface area contributed by atoms with Gasteiger partial charge >= 0.3 is 0 Å². The number of rotatable bonds is 2. The molecule has 2 aromatic rings. The zero-order valence-corrected chi connectivity index (χ0v) is 12.2. The number of nitrogens with zero attached hydrogens (tertiary/aromatic N) is 3. The van der Waals surface area contributed by atoms with Crippen molar-refractivity contribution in [3.63, 3.8) is 0 Å². The van der Waals surface area contributed by atoms with E-state index in [9.17, 15) is 0 Å². The fraction of sp³-hybridized carbons (Fsp3) is 0.333. The molecule has 0 aromatic carbocycles. The van der Waals surface area contributed by atoms with Gasteiger partial charge in [0.2, 0.25) is 0 Å². The third-order valence-electron chi connectivity index (χ3n) is 3.00. The van der Waals surface area contributed by atoms with Gasteiger partial charge in [-0.15, -0.1) is 0 Å². The molecule has 0 saturated heterocycles. The molecule has 6 heteroatoms.